The molecule has 3 aromatic rings. The van der Waals surface area contributed by atoms with Crippen LogP contribution in [-0.4, -0.2) is 0 Å². The fourth-order valence-electron chi connectivity index (χ4n) is 2.30. The van der Waals surface area contributed by atoms with E-state index in [0.717, 1.165) is 22.3 Å². The van der Waals surface area contributed by atoms with Gasteiger partial charge in [-0.05, 0) is 46.5 Å². The Morgan fingerprint density at radius 1 is 0.500 bits per heavy atom. The predicted molar refractivity (Wildman–Crippen MR) is 77.2 cm³/mol. The molecule has 0 heterocycles. The summed E-state index contributed by atoms with van der Waals surface area (Å²) in [4.78, 5) is 0. The second-order valence-corrected chi connectivity index (χ2v) is 4.57. The third-order valence-corrected chi connectivity index (χ3v) is 3.20. The fraction of sp³-hybridized carbons (Fsp3) is 0. The van der Waals surface area contributed by atoms with Crippen LogP contribution in [0.1, 0.15) is 0 Å². The molecule has 0 saturated carbocycles. The van der Waals surface area contributed by atoms with Gasteiger partial charge in [0, 0.05) is 0 Å². The molecule has 2 heteroatoms. The van der Waals surface area contributed by atoms with Crippen molar-refractivity contribution in [2.45, 2.75) is 0 Å². The molecule has 0 aromatic heterocycles. The highest BCUT2D eigenvalue weighted by molar-refractivity contribution is 5.83. The van der Waals surface area contributed by atoms with Crippen LogP contribution in [0.2, 0.25) is 0 Å². The van der Waals surface area contributed by atoms with Gasteiger partial charge in [-0.1, -0.05) is 48.5 Å². The number of benzene rings is 3. The van der Waals surface area contributed by atoms with E-state index in [4.69, 9.17) is 0 Å². The normalized spacial score (nSPS) is 10.5. The Morgan fingerprint density at radius 2 is 0.950 bits per heavy atom. The van der Waals surface area contributed by atoms with E-state index in [1.807, 2.05) is 36.4 Å². The summed E-state index contributed by atoms with van der Waals surface area (Å²) in [6, 6.07) is 20.4. The molecule has 20 heavy (non-hydrogen) atoms. The minimum absolute atomic E-state index is 0.281. The summed E-state index contributed by atoms with van der Waals surface area (Å²) in [5.74, 6) is -0.562. The van der Waals surface area contributed by atoms with Crippen molar-refractivity contribution in [1.29, 1.82) is 0 Å². The Morgan fingerprint density at radius 3 is 1.35 bits per heavy atom. The van der Waals surface area contributed by atoms with Gasteiger partial charge < -0.3 is 0 Å². The molecule has 0 bridgehead atoms. The minimum atomic E-state index is -0.281. The van der Waals surface area contributed by atoms with Crippen LogP contribution in [0.15, 0.2) is 72.8 Å². The number of hydrogen-bond donors (Lipinski definition) is 0. The summed E-state index contributed by atoms with van der Waals surface area (Å²) in [5, 5.41) is 0. The molecule has 98 valence electrons. The number of hydrogen-bond acceptors (Lipinski definition) is 0. The van der Waals surface area contributed by atoms with E-state index >= 15 is 0 Å². The van der Waals surface area contributed by atoms with Gasteiger partial charge in [-0.3, -0.25) is 0 Å². The Balaban J connectivity index is 2.18. The van der Waals surface area contributed by atoms with Crippen molar-refractivity contribution >= 4 is 0 Å². The maximum absolute atomic E-state index is 13.4. The van der Waals surface area contributed by atoms with Gasteiger partial charge in [0.1, 0.15) is 11.6 Å². The van der Waals surface area contributed by atoms with Crippen LogP contribution in [0.3, 0.4) is 0 Å². The maximum Gasteiger partial charge on any atom is 0.123 e. The molecule has 3 rings (SSSR count). The smallest absolute Gasteiger partial charge is 0.123 e. The number of rotatable bonds is 2. The van der Waals surface area contributed by atoms with Crippen LogP contribution in [-0.2, 0) is 0 Å². The monoisotopic (exact) mass is 266 g/mol. The zero-order valence-corrected chi connectivity index (χ0v) is 10.7. The van der Waals surface area contributed by atoms with Crippen molar-refractivity contribution in [3.8, 4) is 22.3 Å². The fourth-order valence-corrected chi connectivity index (χ4v) is 2.30. The molecule has 3 aromatic carbocycles. The highest BCUT2D eigenvalue weighted by Crippen LogP contribution is 2.32. The first-order valence-corrected chi connectivity index (χ1v) is 6.35. The second-order valence-electron chi connectivity index (χ2n) is 4.57. The third-order valence-electron chi connectivity index (χ3n) is 3.20. The van der Waals surface area contributed by atoms with Crippen LogP contribution in [0, 0.1) is 11.6 Å². The summed E-state index contributed by atoms with van der Waals surface area (Å²) in [6.45, 7) is 0. The SMILES string of the molecule is Fc1cccc(-c2ccccc2-c2cccc(F)c2)c1. The van der Waals surface area contributed by atoms with E-state index in [2.05, 4.69) is 0 Å². The lowest BCUT2D eigenvalue weighted by Crippen LogP contribution is -1.86. The van der Waals surface area contributed by atoms with E-state index in [0.29, 0.717) is 0 Å². The molecule has 0 unspecified atom stereocenters. The van der Waals surface area contributed by atoms with E-state index < -0.39 is 0 Å². The summed E-state index contributed by atoms with van der Waals surface area (Å²) >= 11 is 0. The highest BCUT2D eigenvalue weighted by Gasteiger charge is 2.08. The van der Waals surface area contributed by atoms with Crippen LogP contribution in [0.5, 0.6) is 0 Å². The van der Waals surface area contributed by atoms with Crippen molar-refractivity contribution in [2.75, 3.05) is 0 Å². The first-order valence-electron chi connectivity index (χ1n) is 6.35. The average molecular weight is 266 g/mol. The van der Waals surface area contributed by atoms with Crippen molar-refractivity contribution in [1.82, 2.24) is 0 Å². The maximum atomic E-state index is 13.4. The van der Waals surface area contributed by atoms with Gasteiger partial charge in [0.25, 0.3) is 0 Å². The van der Waals surface area contributed by atoms with Gasteiger partial charge in [0.15, 0.2) is 0 Å². The largest absolute Gasteiger partial charge is 0.207 e. The first kappa shape index (κ1) is 12.5. The van der Waals surface area contributed by atoms with Crippen LogP contribution >= 0.6 is 0 Å². The molecule has 0 aliphatic heterocycles. The predicted octanol–water partition coefficient (Wildman–Crippen LogP) is 5.30. The molecular weight excluding hydrogens is 254 g/mol. The van der Waals surface area contributed by atoms with Gasteiger partial charge >= 0.3 is 0 Å². The van der Waals surface area contributed by atoms with Gasteiger partial charge in [0.2, 0.25) is 0 Å². The molecule has 0 aliphatic carbocycles. The zero-order chi connectivity index (χ0) is 13.9. The molecule has 0 atom stereocenters. The molecular formula is C18H12F2. The van der Waals surface area contributed by atoms with Crippen LogP contribution in [0.4, 0.5) is 8.78 Å². The van der Waals surface area contributed by atoms with Gasteiger partial charge in [0.05, 0.1) is 0 Å². The average Bonchev–Trinajstić information content (AvgIpc) is 2.47. The van der Waals surface area contributed by atoms with Gasteiger partial charge in [-0.25, -0.2) is 8.78 Å². The summed E-state index contributed by atoms with van der Waals surface area (Å²) in [6.07, 6.45) is 0. The lowest BCUT2D eigenvalue weighted by Gasteiger charge is -2.10. The molecule has 0 saturated heterocycles. The quantitative estimate of drug-likeness (QED) is 0.590. The van der Waals surface area contributed by atoms with Crippen molar-refractivity contribution < 1.29 is 8.78 Å². The Hall–Kier alpha value is -2.48. The minimum Gasteiger partial charge on any atom is -0.207 e. The first-order chi connectivity index (χ1) is 9.74. The van der Waals surface area contributed by atoms with Crippen molar-refractivity contribution in [3.05, 3.63) is 84.4 Å². The Labute approximate surface area is 116 Å². The summed E-state index contributed by atoms with van der Waals surface area (Å²) in [7, 11) is 0. The third kappa shape index (κ3) is 2.45. The van der Waals surface area contributed by atoms with E-state index in [1.54, 1.807) is 12.1 Å². The van der Waals surface area contributed by atoms with Crippen LogP contribution in [0.25, 0.3) is 22.3 Å². The molecule has 0 N–H and O–H groups in total. The molecule has 0 fully saturated rings. The van der Waals surface area contributed by atoms with E-state index in [-0.39, 0.29) is 11.6 Å². The second kappa shape index (κ2) is 5.25. The molecule has 0 radical (unpaired) electrons. The lowest BCUT2D eigenvalue weighted by atomic mass is 9.94. The summed E-state index contributed by atoms with van der Waals surface area (Å²) < 4.78 is 26.8. The lowest BCUT2D eigenvalue weighted by molar-refractivity contribution is 0.627. The molecule has 0 aliphatic rings. The van der Waals surface area contributed by atoms with Gasteiger partial charge in [-0.15, -0.1) is 0 Å². The summed E-state index contributed by atoms with van der Waals surface area (Å²) in [5.41, 5.74) is 3.34. The van der Waals surface area contributed by atoms with Crippen molar-refractivity contribution in [3.63, 3.8) is 0 Å². The van der Waals surface area contributed by atoms with E-state index in [9.17, 15) is 8.78 Å². The molecule has 0 spiro atoms. The van der Waals surface area contributed by atoms with Gasteiger partial charge in [-0.2, -0.15) is 0 Å². The molecule has 0 amide bonds. The van der Waals surface area contributed by atoms with Crippen molar-refractivity contribution in [2.24, 2.45) is 0 Å². The Bertz CT molecular complexity index is 683. The molecule has 0 nitrogen and oxygen atoms in total. The highest BCUT2D eigenvalue weighted by atomic mass is 19.1. The standard InChI is InChI=1S/C18H12F2/c19-15-7-3-5-13(11-15)17-9-1-2-10-18(17)14-6-4-8-16(20)12-14/h1-12H. The topological polar surface area (TPSA) is 0 Å². The zero-order valence-electron chi connectivity index (χ0n) is 10.7. The van der Waals surface area contributed by atoms with E-state index in [1.165, 1.54) is 24.3 Å². The van der Waals surface area contributed by atoms with Crippen LogP contribution < -0.4 is 0 Å². The Kier molecular flexibility index (Phi) is 3.30. The number of halogens is 2.